The molecule has 1 aromatic carbocycles. The van der Waals surface area contributed by atoms with Crippen LogP contribution in [0.1, 0.15) is 25.8 Å². The smallest absolute Gasteiger partial charge is 0.269 e. The van der Waals surface area contributed by atoms with Gasteiger partial charge in [-0.05, 0) is 25.5 Å². The molecule has 1 N–H and O–H groups in total. The van der Waals surface area contributed by atoms with Crippen LogP contribution >= 0.6 is 0 Å². The third-order valence-electron chi connectivity index (χ3n) is 2.97. The molecule has 1 heterocycles. The highest BCUT2D eigenvalue weighted by Crippen LogP contribution is 2.27. The van der Waals surface area contributed by atoms with Crippen LogP contribution in [0.5, 0.6) is 5.75 Å². The van der Waals surface area contributed by atoms with E-state index in [-0.39, 0.29) is 11.7 Å². The van der Waals surface area contributed by atoms with E-state index in [1.54, 1.807) is 6.07 Å². The molecule has 0 radical (unpaired) electrons. The SMILES string of the molecule is CC[C@@H](C)Oc1ccccc1-c1ncc(C#N)c(=O)[nH]1. The number of hydrogen-bond acceptors (Lipinski definition) is 4. The lowest BCUT2D eigenvalue weighted by atomic mass is 10.1. The number of aromatic amines is 1. The van der Waals surface area contributed by atoms with Crippen LogP contribution in [0.25, 0.3) is 11.4 Å². The van der Waals surface area contributed by atoms with Gasteiger partial charge in [-0.2, -0.15) is 5.26 Å². The van der Waals surface area contributed by atoms with Crippen molar-refractivity contribution in [3.05, 3.63) is 46.4 Å². The summed E-state index contributed by atoms with van der Waals surface area (Å²) in [5, 5.41) is 8.75. The van der Waals surface area contributed by atoms with Gasteiger partial charge >= 0.3 is 0 Å². The van der Waals surface area contributed by atoms with Gasteiger partial charge in [-0.3, -0.25) is 4.79 Å². The van der Waals surface area contributed by atoms with E-state index in [0.717, 1.165) is 6.42 Å². The van der Waals surface area contributed by atoms with Crippen LogP contribution in [-0.4, -0.2) is 16.1 Å². The molecule has 1 aromatic heterocycles. The fourth-order valence-electron chi connectivity index (χ4n) is 1.68. The lowest BCUT2D eigenvalue weighted by Crippen LogP contribution is -2.14. The summed E-state index contributed by atoms with van der Waals surface area (Å²) in [6, 6.07) is 9.16. The molecule has 20 heavy (non-hydrogen) atoms. The lowest BCUT2D eigenvalue weighted by Gasteiger charge is -2.15. The second kappa shape index (κ2) is 6.02. The zero-order chi connectivity index (χ0) is 14.5. The van der Waals surface area contributed by atoms with Gasteiger partial charge in [0.15, 0.2) is 0 Å². The summed E-state index contributed by atoms with van der Waals surface area (Å²) in [6.45, 7) is 4.01. The number of ether oxygens (including phenoxy) is 1. The zero-order valence-corrected chi connectivity index (χ0v) is 11.4. The Balaban J connectivity index is 2.45. The molecular formula is C15H15N3O2. The number of nitrogens with one attached hydrogen (secondary N) is 1. The fourth-order valence-corrected chi connectivity index (χ4v) is 1.68. The van der Waals surface area contributed by atoms with Crippen molar-refractivity contribution in [1.29, 1.82) is 5.26 Å². The first-order chi connectivity index (χ1) is 9.65. The molecule has 0 saturated carbocycles. The summed E-state index contributed by atoms with van der Waals surface area (Å²) < 4.78 is 5.82. The average molecular weight is 269 g/mol. The number of para-hydroxylation sites is 1. The summed E-state index contributed by atoms with van der Waals surface area (Å²) in [7, 11) is 0. The number of nitriles is 1. The minimum absolute atomic E-state index is 0.00549. The molecule has 102 valence electrons. The highest BCUT2D eigenvalue weighted by molar-refractivity contribution is 5.63. The molecule has 0 saturated heterocycles. The molecule has 1 atom stereocenters. The molecular weight excluding hydrogens is 254 g/mol. The second-order valence-electron chi connectivity index (χ2n) is 4.42. The van der Waals surface area contributed by atoms with Crippen molar-refractivity contribution in [1.82, 2.24) is 9.97 Å². The number of nitrogens with zero attached hydrogens (tertiary/aromatic N) is 2. The van der Waals surface area contributed by atoms with Crippen molar-refractivity contribution in [2.24, 2.45) is 0 Å². The summed E-state index contributed by atoms with van der Waals surface area (Å²) in [5.41, 5.74) is 0.249. The maximum absolute atomic E-state index is 11.7. The maximum Gasteiger partial charge on any atom is 0.269 e. The van der Waals surface area contributed by atoms with Gasteiger partial charge in [0.1, 0.15) is 23.2 Å². The first-order valence-electron chi connectivity index (χ1n) is 6.41. The number of hydrogen-bond donors (Lipinski definition) is 1. The monoisotopic (exact) mass is 269 g/mol. The van der Waals surface area contributed by atoms with E-state index in [0.29, 0.717) is 17.1 Å². The molecule has 2 rings (SSSR count). The quantitative estimate of drug-likeness (QED) is 0.924. The van der Waals surface area contributed by atoms with Crippen LogP contribution < -0.4 is 10.3 Å². The van der Waals surface area contributed by atoms with Gasteiger partial charge in [0.05, 0.1) is 17.9 Å². The highest BCUT2D eigenvalue weighted by Gasteiger charge is 2.11. The van der Waals surface area contributed by atoms with Gasteiger partial charge < -0.3 is 9.72 Å². The molecule has 0 aliphatic heterocycles. The molecule has 0 aliphatic rings. The van der Waals surface area contributed by atoms with E-state index in [1.165, 1.54) is 6.20 Å². The molecule has 2 aromatic rings. The van der Waals surface area contributed by atoms with Crippen molar-refractivity contribution >= 4 is 0 Å². The zero-order valence-electron chi connectivity index (χ0n) is 11.4. The Morgan fingerprint density at radius 2 is 2.20 bits per heavy atom. The average Bonchev–Trinajstić information content (AvgIpc) is 2.47. The van der Waals surface area contributed by atoms with Gasteiger partial charge in [-0.15, -0.1) is 0 Å². The Labute approximate surface area is 116 Å². The van der Waals surface area contributed by atoms with Crippen LogP contribution in [0, 0.1) is 11.3 Å². The molecule has 0 spiro atoms. The summed E-state index contributed by atoms with van der Waals surface area (Å²) in [4.78, 5) is 18.4. The van der Waals surface area contributed by atoms with Gasteiger partial charge in [0, 0.05) is 0 Å². The van der Waals surface area contributed by atoms with Crippen molar-refractivity contribution < 1.29 is 4.74 Å². The third-order valence-corrected chi connectivity index (χ3v) is 2.97. The Morgan fingerprint density at radius 1 is 1.45 bits per heavy atom. The van der Waals surface area contributed by atoms with Crippen molar-refractivity contribution in [3.63, 3.8) is 0 Å². The van der Waals surface area contributed by atoms with Crippen LogP contribution in [-0.2, 0) is 0 Å². The van der Waals surface area contributed by atoms with E-state index in [4.69, 9.17) is 10.00 Å². The predicted octanol–water partition coefficient (Wildman–Crippen LogP) is 2.49. The maximum atomic E-state index is 11.7. The normalized spacial score (nSPS) is 11.7. The lowest BCUT2D eigenvalue weighted by molar-refractivity contribution is 0.218. The largest absolute Gasteiger partial charge is 0.490 e. The highest BCUT2D eigenvalue weighted by atomic mass is 16.5. The number of H-pyrrole nitrogens is 1. The van der Waals surface area contributed by atoms with Crippen LogP contribution in [0.2, 0.25) is 0 Å². The first-order valence-corrected chi connectivity index (χ1v) is 6.41. The summed E-state index contributed by atoms with van der Waals surface area (Å²) >= 11 is 0. The minimum Gasteiger partial charge on any atom is -0.490 e. The van der Waals surface area contributed by atoms with Gasteiger partial charge in [-0.1, -0.05) is 19.1 Å². The molecule has 0 aliphatic carbocycles. The number of aromatic nitrogens is 2. The summed E-state index contributed by atoms with van der Waals surface area (Å²) in [6.07, 6.45) is 2.22. The first kappa shape index (κ1) is 13.8. The van der Waals surface area contributed by atoms with Gasteiger partial charge in [0.2, 0.25) is 0 Å². The van der Waals surface area contributed by atoms with E-state index in [1.807, 2.05) is 38.1 Å². The van der Waals surface area contributed by atoms with Crippen molar-refractivity contribution in [2.75, 3.05) is 0 Å². The van der Waals surface area contributed by atoms with Crippen molar-refractivity contribution in [2.45, 2.75) is 26.4 Å². The minimum atomic E-state index is -0.448. The van der Waals surface area contributed by atoms with E-state index < -0.39 is 5.56 Å². The Kier molecular flexibility index (Phi) is 4.16. The van der Waals surface area contributed by atoms with Crippen LogP contribution in [0.4, 0.5) is 0 Å². The molecule has 0 fully saturated rings. The Hall–Kier alpha value is -2.61. The fraction of sp³-hybridized carbons (Fsp3) is 0.267. The number of rotatable bonds is 4. The molecule has 5 heteroatoms. The Morgan fingerprint density at radius 3 is 2.85 bits per heavy atom. The second-order valence-corrected chi connectivity index (χ2v) is 4.42. The molecule has 0 amide bonds. The van der Waals surface area contributed by atoms with Crippen LogP contribution in [0.15, 0.2) is 35.3 Å². The van der Waals surface area contributed by atoms with Crippen molar-refractivity contribution in [3.8, 4) is 23.2 Å². The summed E-state index contributed by atoms with van der Waals surface area (Å²) in [5.74, 6) is 1.06. The standard InChI is InChI=1S/C15H15N3O2/c1-3-10(2)20-13-7-5-4-6-12(13)14-17-9-11(8-16)15(19)18-14/h4-7,9-10H,3H2,1-2H3,(H,17,18,19)/t10-/m1/s1. The van der Waals surface area contributed by atoms with E-state index >= 15 is 0 Å². The predicted molar refractivity (Wildman–Crippen MR) is 75.4 cm³/mol. The van der Waals surface area contributed by atoms with Crippen LogP contribution in [0.3, 0.4) is 0 Å². The van der Waals surface area contributed by atoms with Gasteiger partial charge in [0.25, 0.3) is 5.56 Å². The van der Waals surface area contributed by atoms with E-state index in [2.05, 4.69) is 9.97 Å². The third kappa shape index (κ3) is 2.86. The number of benzene rings is 1. The van der Waals surface area contributed by atoms with Gasteiger partial charge in [-0.25, -0.2) is 4.98 Å². The topological polar surface area (TPSA) is 78.8 Å². The Bertz CT molecular complexity index is 701. The molecule has 5 nitrogen and oxygen atoms in total. The van der Waals surface area contributed by atoms with E-state index in [9.17, 15) is 4.79 Å². The molecule has 0 unspecified atom stereocenters. The molecule has 0 bridgehead atoms.